The van der Waals surface area contributed by atoms with Gasteiger partial charge in [-0.25, -0.2) is 0 Å². The zero-order valence-corrected chi connectivity index (χ0v) is 20.3. The molecule has 0 fully saturated rings. The van der Waals surface area contributed by atoms with Gasteiger partial charge in [0.2, 0.25) is 0 Å². The van der Waals surface area contributed by atoms with Crippen LogP contribution in [0, 0.1) is 11.3 Å². The van der Waals surface area contributed by atoms with Gasteiger partial charge in [0, 0.05) is 18.9 Å². The van der Waals surface area contributed by atoms with E-state index in [9.17, 15) is 4.79 Å². The molecule has 1 aromatic rings. The fourth-order valence-corrected chi connectivity index (χ4v) is 3.06. The van der Waals surface area contributed by atoms with E-state index in [0.29, 0.717) is 32.1 Å². The highest BCUT2D eigenvalue weighted by Gasteiger charge is 2.13. The van der Waals surface area contributed by atoms with E-state index >= 15 is 0 Å². The molecule has 1 atom stereocenters. The Balaban J connectivity index is 0.000000509. The summed E-state index contributed by atoms with van der Waals surface area (Å²) in [5.41, 5.74) is 1.30. The van der Waals surface area contributed by atoms with Crippen LogP contribution in [0.2, 0.25) is 0 Å². The van der Waals surface area contributed by atoms with Crippen molar-refractivity contribution >= 4 is 6.29 Å². The summed E-state index contributed by atoms with van der Waals surface area (Å²) in [5.74, 6) is 1.75. The van der Waals surface area contributed by atoms with Gasteiger partial charge in [-0.1, -0.05) is 58.9 Å². The summed E-state index contributed by atoms with van der Waals surface area (Å²) in [4.78, 5) is 9.77. The van der Waals surface area contributed by atoms with Crippen molar-refractivity contribution in [1.82, 2.24) is 5.32 Å². The molecule has 5 heteroatoms. The molecule has 176 valence electrons. The summed E-state index contributed by atoms with van der Waals surface area (Å²) in [6, 6.07) is 8.80. The minimum atomic E-state index is 0.530. The van der Waals surface area contributed by atoms with Gasteiger partial charge in [-0.3, -0.25) is 0 Å². The first-order valence-corrected chi connectivity index (χ1v) is 12.0. The van der Waals surface area contributed by atoms with E-state index in [2.05, 4.69) is 44.3 Å². The normalized spacial score (nSPS) is 12.4. The van der Waals surface area contributed by atoms with Gasteiger partial charge in [0.25, 0.3) is 0 Å². The maximum Gasteiger partial charge on any atom is 0.161 e. The number of rotatable bonds is 12. The van der Waals surface area contributed by atoms with E-state index in [1.54, 1.807) is 0 Å². The smallest absolute Gasteiger partial charge is 0.161 e. The largest absolute Gasteiger partial charge is 0.486 e. The molecule has 1 aromatic carbocycles. The molecule has 0 aromatic heterocycles. The first-order valence-electron chi connectivity index (χ1n) is 12.0. The van der Waals surface area contributed by atoms with Crippen molar-refractivity contribution in [2.75, 3.05) is 20.3 Å². The van der Waals surface area contributed by atoms with Crippen LogP contribution in [0.1, 0.15) is 90.5 Å². The molecular formula is C26H44N2O3. The van der Waals surface area contributed by atoms with Gasteiger partial charge in [-0.05, 0) is 50.4 Å². The Kier molecular flexibility index (Phi) is 19.8. The lowest BCUT2D eigenvalue weighted by atomic mass is 10.0. The second-order valence-corrected chi connectivity index (χ2v) is 7.71. The van der Waals surface area contributed by atoms with Gasteiger partial charge in [0.05, 0.1) is 6.07 Å². The Bertz CT molecular complexity index is 591. The second kappa shape index (κ2) is 21.2. The minimum Gasteiger partial charge on any atom is -0.486 e. The number of hydrogen-bond acceptors (Lipinski definition) is 5. The fraction of sp³-hybridized carbons (Fsp3) is 0.692. The predicted octanol–water partition coefficient (Wildman–Crippen LogP) is 6.24. The van der Waals surface area contributed by atoms with E-state index in [0.717, 1.165) is 49.9 Å². The first kappa shape index (κ1) is 28.9. The van der Waals surface area contributed by atoms with E-state index in [-0.39, 0.29) is 0 Å². The zero-order chi connectivity index (χ0) is 23.2. The zero-order valence-electron chi connectivity index (χ0n) is 20.3. The number of carbonyl (C=O) groups is 1. The number of fused-ring (bicyclic) bond motifs is 1. The monoisotopic (exact) mass is 432 g/mol. The van der Waals surface area contributed by atoms with Crippen molar-refractivity contribution in [1.29, 1.82) is 5.26 Å². The third-order valence-electron chi connectivity index (χ3n) is 5.06. The molecule has 0 saturated heterocycles. The summed E-state index contributed by atoms with van der Waals surface area (Å²) in [5, 5.41) is 11.4. The van der Waals surface area contributed by atoms with Crippen molar-refractivity contribution in [3.05, 3.63) is 23.8 Å². The van der Waals surface area contributed by atoms with Gasteiger partial charge in [0.1, 0.15) is 19.5 Å². The van der Waals surface area contributed by atoms with Gasteiger partial charge >= 0.3 is 0 Å². The number of benzene rings is 1. The Morgan fingerprint density at radius 1 is 1.03 bits per heavy atom. The molecule has 0 radical (unpaired) electrons. The predicted molar refractivity (Wildman–Crippen MR) is 129 cm³/mol. The number of unbranched alkanes of at least 4 members (excludes halogenated alkanes) is 7. The van der Waals surface area contributed by atoms with Crippen LogP contribution in [0.5, 0.6) is 11.5 Å². The topological polar surface area (TPSA) is 71.3 Å². The standard InChI is InChI=1S/C13H19NO2.C7H11NO.C6H14/c1-3-11(14-2)8-10-4-5-12-13(9-10)16-7-6-15-12;8-6-4-2-1-3-5-7-9;1-3-5-6-4-2/h4-5,9,11,14H,3,6-8H2,1-2H3;7H,1-5H2;3-6H2,1-2H3. The molecule has 1 heterocycles. The van der Waals surface area contributed by atoms with E-state index < -0.39 is 0 Å². The maximum absolute atomic E-state index is 9.77. The Labute approximate surface area is 190 Å². The average molecular weight is 433 g/mol. The minimum absolute atomic E-state index is 0.530. The van der Waals surface area contributed by atoms with Crippen LogP contribution in [0.4, 0.5) is 0 Å². The number of nitriles is 1. The maximum atomic E-state index is 9.77. The van der Waals surface area contributed by atoms with E-state index in [4.69, 9.17) is 14.7 Å². The van der Waals surface area contributed by atoms with Gasteiger partial charge in [-0.2, -0.15) is 5.26 Å². The molecular weight excluding hydrogens is 388 g/mol. The lowest BCUT2D eigenvalue weighted by Crippen LogP contribution is -2.26. The van der Waals surface area contributed by atoms with Crippen LogP contribution in [0.15, 0.2) is 18.2 Å². The first-order chi connectivity index (χ1) is 15.2. The molecule has 1 N–H and O–H groups in total. The molecule has 1 unspecified atom stereocenters. The highest BCUT2D eigenvalue weighted by atomic mass is 16.6. The van der Waals surface area contributed by atoms with Crippen molar-refractivity contribution < 1.29 is 14.3 Å². The fourth-order valence-electron chi connectivity index (χ4n) is 3.06. The molecule has 0 bridgehead atoms. The summed E-state index contributed by atoms with van der Waals surface area (Å²) < 4.78 is 11.1. The van der Waals surface area contributed by atoms with Crippen LogP contribution in [0.25, 0.3) is 0 Å². The van der Waals surface area contributed by atoms with E-state index in [1.165, 1.54) is 31.2 Å². The van der Waals surface area contributed by atoms with Crippen molar-refractivity contribution in [2.45, 2.75) is 97.4 Å². The van der Waals surface area contributed by atoms with Gasteiger partial charge < -0.3 is 19.6 Å². The average Bonchev–Trinajstić information content (AvgIpc) is 2.82. The summed E-state index contributed by atoms with van der Waals surface area (Å²) in [7, 11) is 2.01. The quantitative estimate of drug-likeness (QED) is 0.312. The number of carbonyl (C=O) groups excluding carboxylic acids is 1. The molecule has 0 aliphatic carbocycles. The molecule has 0 spiro atoms. The summed E-state index contributed by atoms with van der Waals surface area (Å²) in [6.07, 6.45) is 12.8. The third kappa shape index (κ3) is 15.4. The molecule has 1 aliphatic heterocycles. The Morgan fingerprint density at radius 3 is 2.26 bits per heavy atom. The third-order valence-corrected chi connectivity index (χ3v) is 5.06. The van der Waals surface area contributed by atoms with Crippen LogP contribution in [0.3, 0.4) is 0 Å². The summed E-state index contributed by atoms with van der Waals surface area (Å²) in [6.45, 7) is 7.96. The number of hydrogen-bond donors (Lipinski definition) is 1. The molecule has 31 heavy (non-hydrogen) atoms. The number of nitrogens with zero attached hydrogens (tertiary/aromatic N) is 1. The summed E-state index contributed by atoms with van der Waals surface area (Å²) >= 11 is 0. The van der Waals surface area contributed by atoms with Crippen LogP contribution in [-0.2, 0) is 11.2 Å². The Hall–Kier alpha value is -2.06. The van der Waals surface area contributed by atoms with Crippen LogP contribution in [-0.4, -0.2) is 32.6 Å². The van der Waals surface area contributed by atoms with Gasteiger partial charge in [0.15, 0.2) is 11.5 Å². The SMILES string of the molecule is CCC(Cc1ccc2c(c1)OCCO2)NC.CCCCCC.N#CCCCCCC=O. The molecule has 0 saturated carbocycles. The number of likely N-dealkylation sites (N-methyl/N-ethyl adjacent to an activating group) is 1. The number of ether oxygens (including phenoxy) is 2. The van der Waals surface area contributed by atoms with Crippen LogP contribution >= 0.6 is 0 Å². The van der Waals surface area contributed by atoms with Crippen molar-refractivity contribution in [3.8, 4) is 17.6 Å². The van der Waals surface area contributed by atoms with Crippen molar-refractivity contribution in [3.63, 3.8) is 0 Å². The number of aldehydes is 1. The highest BCUT2D eigenvalue weighted by Crippen LogP contribution is 2.31. The highest BCUT2D eigenvalue weighted by molar-refractivity contribution is 5.48. The lowest BCUT2D eigenvalue weighted by molar-refractivity contribution is -0.107. The van der Waals surface area contributed by atoms with Crippen molar-refractivity contribution in [2.24, 2.45) is 0 Å². The molecule has 2 rings (SSSR count). The molecule has 0 amide bonds. The molecule has 1 aliphatic rings. The van der Waals surface area contributed by atoms with Crippen LogP contribution < -0.4 is 14.8 Å². The number of nitrogens with one attached hydrogen (secondary N) is 1. The second-order valence-electron chi connectivity index (χ2n) is 7.71. The van der Waals surface area contributed by atoms with E-state index in [1.807, 2.05) is 13.1 Å². The molecule has 5 nitrogen and oxygen atoms in total. The lowest BCUT2D eigenvalue weighted by Gasteiger charge is -2.20. The Morgan fingerprint density at radius 2 is 1.71 bits per heavy atom. The van der Waals surface area contributed by atoms with Gasteiger partial charge in [-0.15, -0.1) is 0 Å².